The second kappa shape index (κ2) is 9.16. The van der Waals surface area contributed by atoms with Gasteiger partial charge in [-0.05, 0) is 42.3 Å². The van der Waals surface area contributed by atoms with Crippen LogP contribution in [0.2, 0.25) is 0 Å². The summed E-state index contributed by atoms with van der Waals surface area (Å²) in [6, 6.07) is 13.7. The largest absolute Gasteiger partial charge is 0.488 e. The molecule has 1 saturated carbocycles. The Bertz CT molecular complexity index is 888. The van der Waals surface area contributed by atoms with Gasteiger partial charge in [0.25, 0.3) is 0 Å². The molecule has 3 saturated heterocycles. The average molecular weight is 457 g/mol. The Labute approximate surface area is 194 Å². The molecule has 2 aromatic rings. The molecule has 0 amide bonds. The zero-order valence-electron chi connectivity index (χ0n) is 18.7. The van der Waals surface area contributed by atoms with Crippen molar-refractivity contribution in [3.63, 3.8) is 0 Å². The number of hydrogen-bond acceptors (Lipinski definition) is 5. The fourth-order valence-corrected chi connectivity index (χ4v) is 6.97. The van der Waals surface area contributed by atoms with Gasteiger partial charge in [-0.3, -0.25) is 4.48 Å². The summed E-state index contributed by atoms with van der Waals surface area (Å²) in [4.78, 5) is 14.4. The number of rotatable bonds is 8. The molecule has 2 bridgehead atoms. The number of thiophene rings is 1. The number of para-hydroxylation sites is 1. The van der Waals surface area contributed by atoms with Crippen molar-refractivity contribution in [2.75, 3.05) is 26.2 Å². The van der Waals surface area contributed by atoms with E-state index in [1.54, 1.807) is 0 Å². The molecule has 0 spiro atoms. The molecule has 6 heteroatoms. The molecular formula is C26H34NO4S+. The number of ether oxygens (including phenoxy) is 2. The van der Waals surface area contributed by atoms with Gasteiger partial charge in [0.05, 0.1) is 13.1 Å². The van der Waals surface area contributed by atoms with Crippen molar-refractivity contribution >= 4 is 17.3 Å². The van der Waals surface area contributed by atoms with Crippen molar-refractivity contribution in [2.24, 2.45) is 11.8 Å². The Morgan fingerprint density at radius 1 is 1.06 bits per heavy atom. The highest BCUT2D eigenvalue weighted by atomic mass is 32.1. The third-order valence-electron chi connectivity index (χ3n) is 8.06. The molecular weight excluding hydrogens is 422 g/mol. The number of esters is 1. The average Bonchev–Trinajstić information content (AvgIpc) is 3.55. The lowest BCUT2D eigenvalue weighted by Gasteiger charge is -2.53. The van der Waals surface area contributed by atoms with Crippen LogP contribution in [0, 0.1) is 11.8 Å². The maximum Gasteiger partial charge on any atom is 0.348 e. The summed E-state index contributed by atoms with van der Waals surface area (Å²) in [6.07, 6.45) is 6.93. The minimum absolute atomic E-state index is 0.0562. The number of aliphatic hydroxyl groups is 1. The summed E-state index contributed by atoms with van der Waals surface area (Å²) < 4.78 is 13.0. The van der Waals surface area contributed by atoms with E-state index >= 15 is 0 Å². The molecule has 32 heavy (non-hydrogen) atoms. The Morgan fingerprint density at radius 2 is 1.81 bits per heavy atom. The van der Waals surface area contributed by atoms with E-state index in [2.05, 4.69) is 0 Å². The fourth-order valence-electron chi connectivity index (χ4n) is 6.08. The van der Waals surface area contributed by atoms with Crippen LogP contribution in [0.1, 0.15) is 49.8 Å². The number of carbonyl (C=O) groups is 1. The second-order valence-corrected chi connectivity index (χ2v) is 10.8. The molecule has 1 N–H and O–H groups in total. The minimum Gasteiger partial charge on any atom is -0.488 e. The number of carbonyl (C=O) groups excluding carboxylic acids is 1. The summed E-state index contributed by atoms with van der Waals surface area (Å²) in [7, 11) is 0. The molecule has 1 aromatic carbocycles. The van der Waals surface area contributed by atoms with E-state index in [0.717, 1.165) is 66.8 Å². The number of fused-ring (bicyclic) bond motifs is 3. The molecule has 1 aromatic heterocycles. The first-order chi connectivity index (χ1) is 15.6. The third kappa shape index (κ3) is 4.09. The first-order valence-electron chi connectivity index (χ1n) is 12.1. The summed E-state index contributed by atoms with van der Waals surface area (Å²) in [5.41, 5.74) is -1.52. The van der Waals surface area contributed by atoms with Crippen molar-refractivity contribution in [3.05, 3.63) is 52.7 Å². The first kappa shape index (κ1) is 21.9. The van der Waals surface area contributed by atoms with E-state index in [1.165, 1.54) is 24.2 Å². The predicted octanol–water partition coefficient (Wildman–Crippen LogP) is 4.70. The molecule has 3 aliphatic heterocycles. The third-order valence-corrected chi connectivity index (χ3v) is 9.05. The molecule has 4 fully saturated rings. The van der Waals surface area contributed by atoms with Crippen LogP contribution in [0.3, 0.4) is 0 Å². The molecule has 4 heterocycles. The van der Waals surface area contributed by atoms with E-state index in [-0.39, 0.29) is 12.1 Å². The predicted molar refractivity (Wildman–Crippen MR) is 124 cm³/mol. The number of hydrogen-bond donors (Lipinski definition) is 1. The van der Waals surface area contributed by atoms with Gasteiger partial charge < -0.3 is 14.6 Å². The van der Waals surface area contributed by atoms with Crippen molar-refractivity contribution in [1.29, 1.82) is 0 Å². The number of piperidine rings is 3. The van der Waals surface area contributed by atoms with E-state index in [9.17, 15) is 9.90 Å². The highest BCUT2D eigenvalue weighted by molar-refractivity contribution is 7.10. The van der Waals surface area contributed by atoms with Crippen LogP contribution in [0.4, 0.5) is 0 Å². The molecule has 2 atom stereocenters. The van der Waals surface area contributed by atoms with Gasteiger partial charge in [-0.15, -0.1) is 11.3 Å². The van der Waals surface area contributed by atoms with Crippen LogP contribution >= 0.6 is 11.3 Å². The topological polar surface area (TPSA) is 55.8 Å². The van der Waals surface area contributed by atoms with Gasteiger partial charge in [-0.25, -0.2) is 4.79 Å². The molecule has 0 radical (unpaired) electrons. The highest BCUT2D eigenvalue weighted by Crippen LogP contribution is 2.45. The van der Waals surface area contributed by atoms with Crippen LogP contribution in [-0.4, -0.2) is 48.0 Å². The maximum atomic E-state index is 13.6. The molecule has 172 valence electrons. The van der Waals surface area contributed by atoms with Gasteiger partial charge in [0, 0.05) is 30.1 Å². The van der Waals surface area contributed by atoms with Crippen molar-refractivity contribution in [2.45, 2.75) is 56.8 Å². The first-order valence-corrected chi connectivity index (χ1v) is 13.0. The quantitative estimate of drug-likeness (QED) is 0.462. The summed E-state index contributed by atoms with van der Waals surface area (Å²) in [5.74, 6) is 0.994. The minimum atomic E-state index is -1.52. The van der Waals surface area contributed by atoms with E-state index < -0.39 is 11.6 Å². The fraction of sp³-hybridized carbons (Fsp3) is 0.577. The van der Waals surface area contributed by atoms with Gasteiger partial charge in [0.1, 0.15) is 18.9 Å². The van der Waals surface area contributed by atoms with Crippen LogP contribution in [-0.2, 0) is 15.1 Å². The number of nitrogens with zero attached hydrogens (tertiary/aromatic N) is 1. The normalized spacial score (nSPS) is 29.5. The van der Waals surface area contributed by atoms with Crippen molar-refractivity contribution in [3.8, 4) is 5.75 Å². The van der Waals surface area contributed by atoms with Crippen LogP contribution in [0.15, 0.2) is 47.8 Å². The van der Waals surface area contributed by atoms with E-state index in [4.69, 9.17) is 9.47 Å². The summed E-state index contributed by atoms with van der Waals surface area (Å²) in [6.45, 7) is 3.45. The monoisotopic (exact) mass is 456 g/mol. The molecule has 1 unspecified atom stereocenters. The number of quaternary nitrogens is 1. The lowest BCUT2D eigenvalue weighted by molar-refractivity contribution is -0.984. The van der Waals surface area contributed by atoms with Gasteiger partial charge >= 0.3 is 5.97 Å². The SMILES string of the molecule is O=C(OC1CC2CC[N+]1(CCOc1ccccc1)CC2)[C@](O)(c1cccs1)C1CCCC1. The Balaban J connectivity index is 1.32. The lowest BCUT2D eigenvalue weighted by Crippen LogP contribution is -2.67. The van der Waals surface area contributed by atoms with Gasteiger partial charge in [0.2, 0.25) is 6.23 Å². The van der Waals surface area contributed by atoms with E-state index in [0.29, 0.717) is 12.5 Å². The smallest absolute Gasteiger partial charge is 0.348 e. The standard InChI is InChI=1S/C26H34NO4S/c28-25(26(29,21-7-4-5-8-21)23-11-6-18-32-23)31-24-19-20-12-14-27(24,15-13-20)16-17-30-22-9-2-1-3-10-22/h1-3,6,9-11,18,20-21,24,29H,4-5,7-8,12-17,19H2/q+1/t20?,24?,26-,27?/m1/s1. The highest BCUT2D eigenvalue weighted by Gasteiger charge is 2.54. The maximum absolute atomic E-state index is 13.6. The Hall–Kier alpha value is -1.89. The van der Waals surface area contributed by atoms with Gasteiger partial charge in [0.15, 0.2) is 5.60 Å². The van der Waals surface area contributed by atoms with Crippen LogP contribution in [0.25, 0.3) is 0 Å². The molecule has 6 rings (SSSR count). The second-order valence-electron chi connectivity index (χ2n) is 9.81. The molecule has 1 aliphatic carbocycles. The van der Waals surface area contributed by atoms with Gasteiger partial charge in [-0.1, -0.05) is 37.1 Å². The summed E-state index contributed by atoms with van der Waals surface area (Å²) in [5, 5.41) is 13.7. The lowest BCUT2D eigenvalue weighted by atomic mass is 9.83. The molecule has 4 aliphatic rings. The zero-order chi connectivity index (χ0) is 22.0. The Kier molecular flexibility index (Phi) is 6.28. The van der Waals surface area contributed by atoms with E-state index in [1.807, 2.05) is 47.8 Å². The van der Waals surface area contributed by atoms with Crippen molar-refractivity contribution in [1.82, 2.24) is 0 Å². The van der Waals surface area contributed by atoms with Crippen molar-refractivity contribution < 1.29 is 23.9 Å². The van der Waals surface area contributed by atoms with Crippen LogP contribution in [0.5, 0.6) is 5.75 Å². The number of benzene rings is 1. The Morgan fingerprint density at radius 3 is 2.50 bits per heavy atom. The van der Waals surface area contributed by atoms with Crippen LogP contribution < -0.4 is 4.74 Å². The summed E-state index contributed by atoms with van der Waals surface area (Å²) >= 11 is 1.46. The zero-order valence-corrected chi connectivity index (χ0v) is 19.5. The molecule has 5 nitrogen and oxygen atoms in total. The van der Waals surface area contributed by atoms with Gasteiger partial charge in [-0.2, -0.15) is 0 Å².